The molecule has 0 fully saturated rings. The number of carbonyl (C=O) groups is 1. The number of nitro groups is 1. The predicted molar refractivity (Wildman–Crippen MR) is 109 cm³/mol. The number of para-hydroxylation sites is 1. The summed E-state index contributed by atoms with van der Waals surface area (Å²) in [7, 11) is 0. The summed E-state index contributed by atoms with van der Waals surface area (Å²) in [5, 5.41) is 14.8. The first-order valence-electron chi connectivity index (χ1n) is 8.41. The standard InChI is InChI=1S/C20H14N4O3S/c1-12-13(19-23-16-9-5-11-21-20(16)28-19)7-4-8-15(12)22-18(25)14-6-2-3-10-17(14)24(26)27/h2-11H,1H3,(H,22,25). The van der Waals surface area contributed by atoms with Crippen molar-refractivity contribution in [3.05, 3.63) is 82.0 Å². The maximum atomic E-state index is 12.6. The van der Waals surface area contributed by atoms with E-state index in [0.717, 1.165) is 26.5 Å². The van der Waals surface area contributed by atoms with Crippen molar-refractivity contribution in [2.45, 2.75) is 6.92 Å². The number of aromatic nitrogens is 2. The highest BCUT2D eigenvalue weighted by atomic mass is 32.1. The maximum absolute atomic E-state index is 12.6. The second kappa shape index (κ2) is 7.16. The molecule has 7 nitrogen and oxygen atoms in total. The van der Waals surface area contributed by atoms with E-state index in [0.29, 0.717) is 5.69 Å². The topological polar surface area (TPSA) is 98.0 Å². The van der Waals surface area contributed by atoms with Gasteiger partial charge in [0.05, 0.1) is 4.92 Å². The molecule has 1 N–H and O–H groups in total. The highest BCUT2D eigenvalue weighted by Gasteiger charge is 2.20. The van der Waals surface area contributed by atoms with Crippen LogP contribution in [0, 0.1) is 17.0 Å². The molecule has 0 bridgehead atoms. The van der Waals surface area contributed by atoms with E-state index in [2.05, 4.69) is 15.3 Å². The number of nitrogens with zero attached hydrogens (tertiary/aromatic N) is 3. The van der Waals surface area contributed by atoms with Crippen LogP contribution in [-0.2, 0) is 0 Å². The number of benzene rings is 2. The minimum atomic E-state index is -0.563. The van der Waals surface area contributed by atoms with E-state index in [4.69, 9.17) is 0 Å². The highest BCUT2D eigenvalue weighted by Crippen LogP contribution is 2.34. The summed E-state index contributed by atoms with van der Waals surface area (Å²) in [5.74, 6) is -0.529. The molecule has 4 aromatic rings. The lowest BCUT2D eigenvalue weighted by molar-refractivity contribution is -0.385. The molecule has 2 heterocycles. The Bertz CT molecular complexity index is 1190. The number of anilines is 1. The second-order valence-electron chi connectivity index (χ2n) is 6.05. The van der Waals surface area contributed by atoms with Crippen molar-refractivity contribution in [2.24, 2.45) is 0 Å². The number of hydrogen-bond acceptors (Lipinski definition) is 6. The molecule has 0 saturated heterocycles. The van der Waals surface area contributed by atoms with Gasteiger partial charge in [-0.05, 0) is 36.8 Å². The van der Waals surface area contributed by atoms with E-state index in [1.165, 1.54) is 29.5 Å². The lowest BCUT2D eigenvalue weighted by Crippen LogP contribution is -2.14. The Labute approximate surface area is 163 Å². The number of thiazole rings is 1. The van der Waals surface area contributed by atoms with Crippen molar-refractivity contribution in [1.82, 2.24) is 9.97 Å². The van der Waals surface area contributed by atoms with Crippen LogP contribution < -0.4 is 5.32 Å². The van der Waals surface area contributed by atoms with Gasteiger partial charge in [-0.15, -0.1) is 0 Å². The Hall–Kier alpha value is -3.65. The van der Waals surface area contributed by atoms with Gasteiger partial charge in [0, 0.05) is 23.5 Å². The van der Waals surface area contributed by atoms with E-state index < -0.39 is 10.8 Å². The van der Waals surface area contributed by atoms with Crippen molar-refractivity contribution in [1.29, 1.82) is 0 Å². The summed E-state index contributed by atoms with van der Waals surface area (Å²) >= 11 is 1.47. The largest absolute Gasteiger partial charge is 0.322 e. The number of rotatable bonds is 4. The monoisotopic (exact) mass is 390 g/mol. The fourth-order valence-electron chi connectivity index (χ4n) is 2.90. The number of pyridine rings is 1. The van der Waals surface area contributed by atoms with Gasteiger partial charge in [-0.25, -0.2) is 9.97 Å². The maximum Gasteiger partial charge on any atom is 0.282 e. The minimum absolute atomic E-state index is 0.0153. The number of nitrogens with one attached hydrogen (secondary N) is 1. The first-order valence-corrected chi connectivity index (χ1v) is 9.22. The van der Waals surface area contributed by atoms with E-state index in [9.17, 15) is 14.9 Å². The smallest absolute Gasteiger partial charge is 0.282 e. The van der Waals surface area contributed by atoms with Crippen LogP contribution in [0.1, 0.15) is 15.9 Å². The van der Waals surface area contributed by atoms with Crippen LogP contribution in [0.4, 0.5) is 11.4 Å². The van der Waals surface area contributed by atoms with Gasteiger partial charge in [0.2, 0.25) is 0 Å². The lowest BCUT2D eigenvalue weighted by atomic mass is 10.1. The second-order valence-corrected chi connectivity index (χ2v) is 7.03. The van der Waals surface area contributed by atoms with Gasteiger partial charge in [-0.3, -0.25) is 14.9 Å². The van der Waals surface area contributed by atoms with Crippen molar-refractivity contribution >= 4 is 39.0 Å². The zero-order chi connectivity index (χ0) is 19.7. The molecule has 2 aromatic heterocycles. The fourth-order valence-corrected chi connectivity index (χ4v) is 3.89. The molecule has 1 amide bonds. The third-order valence-electron chi connectivity index (χ3n) is 4.32. The number of amides is 1. The summed E-state index contributed by atoms with van der Waals surface area (Å²) < 4.78 is 0. The zero-order valence-corrected chi connectivity index (χ0v) is 15.6. The first-order chi connectivity index (χ1) is 13.5. The van der Waals surface area contributed by atoms with Gasteiger partial charge in [-0.2, -0.15) is 0 Å². The molecule has 28 heavy (non-hydrogen) atoms. The molecule has 0 atom stereocenters. The number of fused-ring (bicyclic) bond motifs is 1. The molecule has 8 heteroatoms. The number of hydrogen-bond donors (Lipinski definition) is 1. The summed E-state index contributed by atoms with van der Waals surface area (Å²) in [6.45, 7) is 1.88. The quantitative estimate of drug-likeness (QED) is 0.398. The highest BCUT2D eigenvalue weighted by molar-refractivity contribution is 7.21. The Morgan fingerprint density at radius 3 is 2.71 bits per heavy atom. The molecule has 0 spiro atoms. The minimum Gasteiger partial charge on any atom is -0.322 e. The van der Waals surface area contributed by atoms with Gasteiger partial charge < -0.3 is 5.32 Å². The number of carbonyl (C=O) groups excluding carboxylic acids is 1. The molecule has 0 radical (unpaired) electrons. The van der Waals surface area contributed by atoms with Crippen LogP contribution in [-0.4, -0.2) is 20.8 Å². The average Bonchev–Trinajstić information content (AvgIpc) is 3.13. The molecule has 0 aliphatic rings. The van der Waals surface area contributed by atoms with Crippen molar-refractivity contribution in [2.75, 3.05) is 5.32 Å². The SMILES string of the molecule is Cc1c(NC(=O)c2ccccc2[N+](=O)[O-])cccc1-c1nc2cccnc2s1. The van der Waals surface area contributed by atoms with E-state index in [-0.39, 0.29) is 11.3 Å². The Morgan fingerprint density at radius 1 is 1.11 bits per heavy atom. The molecule has 4 rings (SSSR count). The van der Waals surface area contributed by atoms with Gasteiger partial charge in [0.1, 0.15) is 20.9 Å². The van der Waals surface area contributed by atoms with Crippen LogP contribution in [0.5, 0.6) is 0 Å². The van der Waals surface area contributed by atoms with Crippen molar-refractivity contribution in [3.63, 3.8) is 0 Å². The molecule has 0 saturated carbocycles. The predicted octanol–water partition coefficient (Wildman–Crippen LogP) is 4.83. The molecule has 2 aromatic carbocycles. The molecule has 0 aliphatic carbocycles. The van der Waals surface area contributed by atoms with E-state index >= 15 is 0 Å². The van der Waals surface area contributed by atoms with Crippen molar-refractivity contribution < 1.29 is 9.72 Å². The average molecular weight is 390 g/mol. The fraction of sp³-hybridized carbons (Fsp3) is 0.0500. The van der Waals surface area contributed by atoms with Gasteiger partial charge in [-0.1, -0.05) is 35.6 Å². The van der Waals surface area contributed by atoms with Gasteiger partial charge in [0.15, 0.2) is 0 Å². The van der Waals surface area contributed by atoms with Crippen LogP contribution >= 0.6 is 11.3 Å². The Kier molecular flexibility index (Phi) is 4.54. The number of nitro benzene ring substituents is 1. The van der Waals surface area contributed by atoms with Gasteiger partial charge in [0.25, 0.3) is 11.6 Å². The molecular formula is C20H14N4O3S. The molecule has 0 unspecified atom stereocenters. The van der Waals surface area contributed by atoms with Crippen LogP contribution in [0.3, 0.4) is 0 Å². The summed E-state index contributed by atoms with van der Waals surface area (Å²) in [5.41, 5.74) is 2.88. The third-order valence-corrected chi connectivity index (χ3v) is 5.34. The van der Waals surface area contributed by atoms with E-state index in [1.54, 1.807) is 18.3 Å². The normalized spacial score (nSPS) is 10.8. The molecular weight excluding hydrogens is 376 g/mol. The van der Waals surface area contributed by atoms with E-state index in [1.807, 2.05) is 31.2 Å². The van der Waals surface area contributed by atoms with Gasteiger partial charge >= 0.3 is 0 Å². The summed E-state index contributed by atoms with van der Waals surface area (Å²) in [6, 6.07) is 15.1. The Morgan fingerprint density at radius 2 is 1.93 bits per heavy atom. The lowest BCUT2D eigenvalue weighted by Gasteiger charge is -2.11. The van der Waals surface area contributed by atoms with Crippen LogP contribution in [0.25, 0.3) is 20.9 Å². The zero-order valence-electron chi connectivity index (χ0n) is 14.7. The third kappa shape index (κ3) is 3.21. The molecule has 138 valence electrons. The Balaban J connectivity index is 1.69. The summed E-state index contributed by atoms with van der Waals surface area (Å²) in [6.07, 6.45) is 1.72. The van der Waals surface area contributed by atoms with Crippen molar-refractivity contribution in [3.8, 4) is 10.6 Å². The summed E-state index contributed by atoms with van der Waals surface area (Å²) in [4.78, 5) is 33.0. The van der Waals surface area contributed by atoms with Crippen LogP contribution in [0.2, 0.25) is 0 Å². The first kappa shape index (κ1) is 17.7. The molecule has 0 aliphatic heterocycles. The van der Waals surface area contributed by atoms with Crippen LogP contribution in [0.15, 0.2) is 60.8 Å².